The molecule has 6 unspecified atom stereocenters. The van der Waals surface area contributed by atoms with Crippen molar-refractivity contribution in [2.24, 2.45) is 11.5 Å². The van der Waals surface area contributed by atoms with Gasteiger partial charge in [-0.15, -0.1) is 23.5 Å². The topological polar surface area (TPSA) is 386 Å². The van der Waals surface area contributed by atoms with Gasteiger partial charge in [0.1, 0.15) is 55.2 Å². The number of aromatic nitrogens is 4. The Bertz CT molecular complexity index is 1620. The highest BCUT2D eigenvalue weighted by molar-refractivity contribution is 7.99. The van der Waals surface area contributed by atoms with E-state index in [0.29, 0.717) is 5.69 Å². The van der Waals surface area contributed by atoms with Crippen molar-refractivity contribution in [3.05, 3.63) is 48.6 Å². The fourth-order valence-corrected chi connectivity index (χ4v) is 7.16. The molecule has 2 heterocycles. The highest BCUT2D eigenvalue weighted by Gasteiger charge is 2.30. The number of carbonyl (C=O) groups excluding carboxylic acids is 5. The Kier molecular flexibility index (Phi) is 21.2. The lowest BCUT2D eigenvalue weighted by atomic mass is 10.1. The Morgan fingerprint density at radius 3 is 1.55 bits per heavy atom. The van der Waals surface area contributed by atoms with E-state index < -0.39 is 101 Å². The number of carboxylic acid groups (broad SMARTS) is 4. The van der Waals surface area contributed by atoms with Crippen LogP contribution in [-0.2, 0) is 43.2 Å². The van der Waals surface area contributed by atoms with E-state index in [9.17, 15) is 43.2 Å². The van der Waals surface area contributed by atoms with E-state index in [1.807, 2.05) is 0 Å². The van der Waals surface area contributed by atoms with Crippen molar-refractivity contribution in [2.45, 2.75) is 73.2 Å². The molecule has 0 bridgehead atoms. The van der Waals surface area contributed by atoms with Crippen molar-refractivity contribution in [1.82, 2.24) is 41.2 Å². The summed E-state index contributed by atoms with van der Waals surface area (Å²) in [5, 5.41) is 43.8. The second kappa shape index (κ2) is 25.5. The number of hydrogen-bond acceptors (Lipinski definition) is 17. The van der Waals surface area contributed by atoms with Gasteiger partial charge in [-0.1, -0.05) is 0 Å². The number of nitrogens with zero attached hydrogens (tertiary/aromatic N) is 4. The molecule has 2 aromatic rings. The zero-order valence-corrected chi connectivity index (χ0v) is 32.4. The standard InChI is InChI=1S/C33H44N10O13S2/c34-18(32(53)54)2-4-25(45)42-21(30(51)39-12-27(47)48)14-57-23(20-6-9-36-16-41-20)10-17(44)11-24(29-37-7-1-8-38-29)58-15-22(31(52)40-13-28(49)50)43-26(46)5-3-19(35)33(55)56/h1,6-9,16,18-19,21-24H,2-5,10-15,34-35H2,(H,39,51)(H,40,52)(H,42,45)(H,43,46)(H,47,48)(H,49,50)(H,53,54)(H,55,56). The third kappa shape index (κ3) is 18.9. The molecule has 58 heavy (non-hydrogen) atoms. The number of nitrogens with one attached hydrogen (secondary N) is 4. The molecular formula is C33H44N10O13S2. The van der Waals surface area contributed by atoms with E-state index >= 15 is 0 Å². The van der Waals surface area contributed by atoms with Crippen molar-refractivity contribution < 1.29 is 63.6 Å². The average molecular weight is 853 g/mol. The van der Waals surface area contributed by atoms with Crippen molar-refractivity contribution in [1.29, 1.82) is 0 Å². The maximum absolute atomic E-state index is 13.8. The molecule has 12 N–H and O–H groups in total. The molecule has 0 fully saturated rings. The summed E-state index contributed by atoms with van der Waals surface area (Å²) in [6, 6.07) is -2.32. The molecule has 0 saturated heterocycles. The quantitative estimate of drug-likeness (QED) is 0.0427. The van der Waals surface area contributed by atoms with E-state index in [1.54, 1.807) is 0 Å². The maximum Gasteiger partial charge on any atom is 0.322 e. The van der Waals surface area contributed by atoms with E-state index in [1.165, 1.54) is 37.1 Å². The zero-order valence-electron chi connectivity index (χ0n) is 30.7. The Hall–Kier alpha value is -5.79. The first kappa shape index (κ1) is 48.4. The molecule has 0 aliphatic carbocycles. The summed E-state index contributed by atoms with van der Waals surface area (Å²) < 4.78 is 0. The monoisotopic (exact) mass is 852 g/mol. The zero-order chi connectivity index (χ0) is 43.2. The predicted octanol–water partition coefficient (Wildman–Crippen LogP) is -2.38. The number of aliphatic carboxylic acids is 4. The van der Waals surface area contributed by atoms with E-state index in [0.717, 1.165) is 23.5 Å². The SMILES string of the molecule is NC(CCC(=O)NC(CSC(CC(=O)CC(SCC(NC(=O)CCC(N)C(=O)O)C(=O)NCC(=O)O)c1ncccn1)c1ccncn1)C(=O)NCC(=O)O)C(=O)O. The fourth-order valence-electron chi connectivity index (χ4n) is 4.65. The first-order chi connectivity index (χ1) is 27.5. The molecular weight excluding hydrogens is 809 g/mol. The number of ketones is 1. The minimum absolute atomic E-state index is 0.177. The fraction of sp³-hybridized carbons (Fsp3) is 0.485. The molecule has 0 aliphatic rings. The Morgan fingerprint density at radius 1 is 0.655 bits per heavy atom. The molecule has 4 amide bonds. The van der Waals surface area contributed by atoms with Crippen LogP contribution in [0.2, 0.25) is 0 Å². The molecule has 0 spiro atoms. The first-order valence-corrected chi connectivity index (χ1v) is 19.4. The van der Waals surface area contributed by atoms with Gasteiger partial charge in [0, 0.05) is 55.8 Å². The summed E-state index contributed by atoms with van der Waals surface area (Å²) >= 11 is 2.03. The van der Waals surface area contributed by atoms with Crippen LogP contribution in [0.25, 0.3) is 0 Å². The Balaban J connectivity index is 2.29. The van der Waals surface area contributed by atoms with Gasteiger partial charge >= 0.3 is 23.9 Å². The van der Waals surface area contributed by atoms with Crippen molar-refractivity contribution in [3.63, 3.8) is 0 Å². The second-order valence-electron chi connectivity index (χ2n) is 12.3. The molecule has 316 valence electrons. The number of Topliss-reactive ketones (excluding diaryl/α,β-unsaturated/α-hetero) is 1. The van der Waals surface area contributed by atoms with Crippen LogP contribution in [0.3, 0.4) is 0 Å². The van der Waals surface area contributed by atoms with Gasteiger partial charge in [0.15, 0.2) is 0 Å². The Labute approximate surface area is 338 Å². The van der Waals surface area contributed by atoms with Gasteiger partial charge in [0.25, 0.3) is 0 Å². The lowest BCUT2D eigenvalue weighted by molar-refractivity contribution is -0.140. The van der Waals surface area contributed by atoms with Crippen LogP contribution < -0.4 is 32.7 Å². The molecule has 0 radical (unpaired) electrons. The van der Waals surface area contributed by atoms with Crippen LogP contribution in [0, 0.1) is 0 Å². The maximum atomic E-state index is 13.8. The minimum Gasteiger partial charge on any atom is -0.480 e. The number of rotatable bonds is 28. The van der Waals surface area contributed by atoms with Crippen LogP contribution in [0.4, 0.5) is 0 Å². The number of amides is 4. The molecule has 0 aliphatic heterocycles. The van der Waals surface area contributed by atoms with Gasteiger partial charge in [0.05, 0.1) is 16.2 Å². The summed E-state index contributed by atoms with van der Waals surface area (Å²) in [7, 11) is 0. The number of thioether (sulfide) groups is 2. The van der Waals surface area contributed by atoms with Crippen LogP contribution >= 0.6 is 23.5 Å². The van der Waals surface area contributed by atoms with Crippen molar-refractivity contribution in [3.8, 4) is 0 Å². The van der Waals surface area contributed by atoms with Crippen molar-refractivity contribution >= 4 is 76.8 Å². The predicted molar refractivity (Wildman–Crippen MR) is 204 cm³/mol. The third-order valence-electron chi connectivity index (χ3n) is 7.69. The van der Waals surface area contributed by atoms with Crippen LogP contribution in [0.1, 0.15) is 60.5 Å². The minimum atomic E-state index is -1.36. The number of carboxylic acids is 4. The van der Waals surface area contributed by atoms with Gasteiger partial charge in [-0.25, -0.2) is 19.9 Å². The summed E-state index contributed by atoms with van der Waals surface area (Å²) in [6.07, 6.45) is 3.80. The smallest absolute Gasteiger partial charge is 0.322 e. The molecule has 23 nitrogen and oxygen atoms in total. The van der Waals surface area contributed by atoms with Crippen molar-refractivity contribution in [2.75, 3.05) is 24.6 Å². The van der Waals surface area contributed by atoms with E-state index in [4.69, 9.17) is 31.9 Å². The van der Waals surface area contributed by atoms with Gasteiger partial charge in [0.2, 0.25) is 23.6 Å². The van der Waals surface area contributed by atoms with Crippen LogP contribution in [-0.4, -0.2) is 142 Å². The third-order valence-corrected chi connectivity index (χ3v) is 10.3. The van der Waals surface area contributed by atoms with Crippen LogP contribution in [0.5, 0.6) is 0 Å². The molecule has 25 heteroatoms. The van der Waals surface area contributed by atoms with Gasteiger partial charge < -0.3 is 53.2 Å². The summed E-state index contributed by atoms with van der Waals surface area (Å²) in [5.74, 6) is -9.22. The Morgan fingerprint density at radius 2 is 1.12 bits per heavy atom. The molecule has 6 atom stereocenters. The van der Waals surface area contributed by atoms with Crippen LogP contribution in [0.15, 0.2) is 37.1 Å². The normalized spacial score (nSPS) is 14.0. The molecule has 0 aromatic carbocycles. The largest absolute Gasteiger partial charge is 0.480 e. The number of carbonyl (C=O) groups is 9. The van der Waals surface area contributed by atoms with Gasteiger partial charge in [-0.05, 0) is 25.0 Å². The molecule has 2 rings (SSSR count). The molecule has 0 saturated carbocycles. The van der Waals surface area contributed by atoms with Gasteiger partial charge in [-0.2, -0.15) is 0 Å². The number of hydrogen-bond donors (Lipinski definition) is 10. The summed E-state index contributed by atoms with van der Waals surface area (Å²) in [5.41, 5.74) is 11.3. The highest BCUT2D eigenvalue weighted by Crippen LogP contribution is 2.36. The second-order valence-corrected chi connectivity index (χ2v) is 14.7. The average Bonchev–Trinajstić information content (AvgIpc) is 3.19. The summed E-state index contributed by atoms with van der Waals surface area (Å²) in [6.45, 7) is -1.53. The lowest BCUT2D eigenvalue weighted by Crippen LogP contribution is -2.49. The summed E-state index contributed by atoms with van der Waals surface area (Å²) in [4.78, 5) is 126. The highest BCUT2D eigenvalue weighted by atomic mass is 32.2. The van der Waals surface area contributed by atoms with E-state index in [2.05, 4.69) is 41.2 Å². The van der Waals surface area contributed by atoms with E-state index in [-0.39, 0.29) is 55.9 Å². The lowest BCUT2D eigenvalue weighted by Gasteiger charge is -2.23. The number of nitrogens with two attached hydrogens (primary N) is 2. The first-order valence-electron chi connectivity index (χ1n) is 17.3. The molecule has 2 aromatic heterocycles. The van der Waals surface area contributed by atoms with Gasteiger partial charge in [-0.3, -0.25) is 43.2 Å².